The number of rotatable bonds is 5. The van der Waals surface area contributed by atoms with Gasteiger partial charge in [0.25, 0.3) is 5.91 Å². The molecule has 0 unspecified atom stereocenters. The molecule has 6 heteroatoms. The first-order valence-corrected chi connectivity index (χ1v) is 8.51. The molecule has 0 saturated carbocycles. The smallest absolute Gasteiger partial charge is 0.255 e. The first-order chi connectivity index (χ1) is 12.2. The van der Waals surface area contributed by atoms with Crippen molar-refractivity contribution in [2.24, 2.45) is 0 Å². The van der Waals surface area contributed by atoms with Crippen LogP contribution in [-0.2, 0) is 11.2 Å². The molecule has 0 aliphatic carbocycles. The Kier molecular flexibility index (Phi) is 5.38. The second-order valence-corrected chi connectivity index (χ2v) is 6.08. The fraction of sp³-hybridized carbons (Fsp3) is 0.368. The zero-order valence-corrected chi connectivity index (χ0v) is 14.4. The molecule has 1 saturated heterocycles. The molecule has 2 aromatic rings. The largest absolute Gasteiger partial charge is 0.496 e. The van der Waals surface area contributed by atoms with E-state index in [0.717, 1.165) is 11.3 Å². The number of carbonyl (C=O) groups excluding carboxylic acids is 2. The lowest BCUT2D eigenvalue weighted by molar-refractivity contribution is -0.132. The number of methoxy groups -OCH3 is 1. The first kappa shape index (κ1) is 17.1. The number of hydrogen-bond acceptors (Lipinski definition) is 3. The van der Waals surface area contributed by atoms with E-state index in [1.807, 2.05) is 29.2 Å². The quantitative estimate of drug-likeness (QED) is 0.904. The summed E-state index contributed by atoms with van der Waals surface area (Å²) in [5.74, 6) is 0.958. The number of piperazine rings is 1. The molecule has 1 fully saturated rings. The molecule has 2 amide bonds. The van der Waals surface area contributed by atoms with Gasteiger partial charge in [-0.2, -0.15) is 0 Å². The van der Waals surface area contributed by atoms with Gasteiger partial charge in [0.05, 0.1) is 12.7 Å². The monoisotopic (exact) mass is 341 g/mol. The number of amides is 2. The Hall–Kier alpha value is -2.76. The highest BCUT2D eigenvalue weighted by Gasteiger charge is 2.24. The summed E-state index contributed by atoms with van der Waals surface area (Å²) in [4.78, 5) is 31.3. The molecule has 132 valence electrons. The number of aromatic amines is 1. The van der Waals surface area contributed by atoms with Gasteiger partial charge in [-0.1, -0.05) is 18.2 Å². The number of ether oxygens (including phenoxy) is 1. The number of H-pyrrole nitrogens is 1. The summed E-state index contributed by atoms with van der Waals surface area (Å²) in [5.41, 5.74) is 1.70. The van der Waals surface area contributed by atoms with Crippen molar-refractivity contribution in [2.75, 3.05) is 33.3 Å². The lowest BCUT2D eigenvalue weighted by atomic mass is 10.1. The molecular formula is C19H23N3O3. The third-order valence-corrected chi connectivity index (χ3v) is 4.57. The zero-order valence-electron chi connectivity index (χ0n) is 14.4. The van der Waals surface area contributed by atoms with Crippen LogP contribution in [-0.4, -0.2) is 59.9 Å². The van der Waals surface area contributed by atoms with Crippen molar-refractivity contribution in [3.63, 3.8) is 0 Å². The Morgan fingerprint density at radius 3 is 2.48 bits per heavy atom. The molecule has 3 rings (SSSR count). The Balaban J connectivity index is 1.49. The highest BCUT2D eigenvalue weighted by atomic mass is 16.5. The molecule has 2 heterocycles. The van der Waals surface area contributed by atoms with Gasteiger partial charge < -0.3 is 19.5 Å². The topological polar surface area (TPSA) is 65.6 Å². The third kappa shape index (κ3) is 4.02. The summed E-state index contributed by atoms with van der Waals surface area (Å²) >= 11 is 0. The van der Waals surface area contributed by atoms with Crippen LogP contribution in [0.3, 0.4) is 0 Å². The fourth-order valence-electron chi connectivity index (χ4n) is 3.11. The van der Waals surface area contributed by atoms with Crippen LogP contribution in [0.15, 0.2) is 42.7 Å². The molecule has 6 nitrogen and oxygen atoms in total. The minimum absolute atomic E-state index is 0.0161. The number of hydrogen-bond donors (Lipinski definition) is 1. The lowest BCUT2D eigenvalue weighted by Crippen LogP contribution is -2.50. The molecule has 1 aliphatic rings. The van der Waals surface area contributed by atoms with E-state index >= 15 is 0 Å². The SMILES string of the molecule is COc1ccccc1CCC(=O)N1CCN(C(=O)c2cc[nH]c2)CC1. The lowest BCUT2D eigenvalue weighted by Gasteiger charge is -2.34. The van der Waals surface area contributed by atoms with E-state index < -0.39 is 0 Å². The molecule has 1 aromatic heterocycles. The highest BCUT2D eigenvalue weighted by Crippen LogP contribution is 2.19. The maximum atomic E-state index is 12.5. The zero-order chi connectivity index (χ0) is 17.6. The van der Waals surface area contributed by atoms with Gasteiger partial charge in [0.1, 0.15) is 5.75 Å². The van der Waals surface area contributed by atoms with E-state index in [2.05, 4.69) is 4.98 Å². The predicted molar refractivity (Wildman–Crippen MR) is 94.6 cm³/mol. The molecule has 0 atom stereocenters. The van der Waals surface area contributed by atoms with Gasteiger partial charge in [0, 0.05) is 45.0 Å². The van der Waals surface area contributed by atoms with Crippen molar-refractivity contribution in [3.8, 4) is 5.75 Å². The molecule has 1 aromatic carbocycles. The minimum Gasteiger partial charge on any atom is -0.496 e. The van der Waals surface area contributed by atoms with Crippen LogP contribution in [0.4, 0.5) is 0 Å². The Morgan fingerprint density at radius 2 is 1.80 bits per heavy atom. The van der Waals surface area contributed by atoms with Crippen LogP contribution in [0.2, 0.25) is 0 Å². The summed E-state index contributed by atoms with van der Waals surface area (Å²) < 4.78 is 5.33. The standard InChI is InChI=1S/C19H23N3O3/c1-25-17-5-3-2-4-15(17)6-7-18(23)21-10-12-22(13-11-21)19(24)16-8-9-20-14-16/h2-5,8-9,14,20H,6-7,10-13H2,1H3. The molecule has 25 heavy (non-hydrogen) atoms. The fourth-order valence-corrected chi connectivity index (χ4v) is 3.11. The second kappa shape index (κ2) is 7.88. The highest BCUT2D eigenvalue weighted by molar-refractivity contribution is 5.94. The second-order valence-electron chi connectivity index (χ2n) is 6.08. The van der Waals surface area contributed by atoms with Crippen LogP contribution in [0.25, 0.3) is 0 Å². The summed E-state index contributed by atoms with van der Waals surface area (Å²) in [5, 5.41) is 0. The first-order valence-electron chi connectivity index (χ1n) is 8.51. The number of para-hydroxylation sites is 1. The number of benzene rings is 1. The average molecular weight is 341 g/mol. The summed E-state index contributed by atoms with van der Waals surface area (Å²) in [6.45, 7) is 2.32. The van der Waals surface area contributed by atoms with Crippen LogP contribution >= 0.6 is 0 Å². The van der Waals surface area contributed by atoms with E-state index in [-0.39, 0.29) is 11.8 Å². The van der Waals surface area contributed by atoms with Crippen LogP contribution in [0.5, 0.6) is 5.75 Å². The van der Waals surface area contributed by atoms with E-state index in [4.69, 9.17) is 4.74 Å². The van der Waals surface area contributed by atoms with Crippen molar-refractivity contribution >= 4 is 11.8 Å². The number of aromatic nitrogens is 1. The van der Waals surface area contributed by atoms with Crippen LogP contribution in [0.1, 0.15) is 22.3 Å². The normalized spacial score (nSPS) is 14.4. The minimum atomic E-state index is 0.0161. The Labute approximate surface area is 147 Å². The Bertz CT molecular complexity index is 719. The third-order valence-electron chi connectivity index (χ3n) is 4.57. The maximum absolute atomic E-state index is 12.5. The summed E-state index contributed by atoms with van der Waals surface area (Å²) in [6.07, 6.45) is 4.55. The molecular weight excluding hydrogens is 318 g/mol. The van der Waals surface area contributed by atoms with E-state index in [9.17, 15) is 9.59 Å². The van der Waals surface area contributed by atoms with Gasteiger partial charge in [-0.15, -0.1) is 0 Å². The van der Waals surface area contributed by atoms with E-state index in [0.29, 0.717) is 44.6 Å². The van der Waals surface area contributed by atoms with Gasteiger partial charge >= 0.3 is 0 Å². The van der Waals surface area contributed by atoms with Crippen LogP contribution < -0.4 is 4.74 Å². The van der Waals surface area contributed by atoms with Crippen molar-refractivity contribution in [1.82, 2.24) is 14.8 Å². The van der Waals surface area contributed by atoms with Gasteiger partial charge in [-0.05, 0) is 24.1 Å². The van der Waals surface area contributed by atoms with Crippen molar-refractivity contribution < 1.29 is 14.3 Å². The number of carbonyl (C=O) groups is 2. The molecule has 0 radical (unpaired) electrons. The summed E-state index contributed by atoms with van der Waals surface area (Å²) in [7, 11) is 1.64. The van der Waals surface area contributed by atoms with Gasteiger partial charge in [0.15, 0.2) is 0 Å². The van der Waals surface area contributed by atoms with Crippen LogP contribution in [0, 0.1) is 0 Å². The Morgan fingerprint density at radius 1 is 1.08 bits per heavy atom. The van der Waals surface area contributed by atoms with Crippen molar-refractivity contribution in [1.29, 1.82) is 0 Å². The average Bonchev–Trinajstić information content (AvgIpc) is 3.20. The number of nitrogens with one attached hydrogen (secondary N) is 1. The van der Waals surface area contributed by atoms with Crippen molar-refractivity contribution in [3.05, 3.63) is 53.9 Å². The maximum Gasteiger partial charge on any atom is 0.255 e. The molecule has 0 bridgehead atoms. The van der Waals surface area contributed by atoms with Crippen molar-refractivity contribution in [2.45, 2.75) is 12.8 Å². The number of aryl methyl sites for hydroxylation is 1. The van der Waals surface area contributed by atoms with Gasteiger partial charge in [-0.25, -0.2) is 0 Å². The van der Waals surface area contributed by atoms with Gasteiger partial charge in [-0.3, -0.25) is 9.59 Å². The molecule has 1 N–H and O–H groups in total. The molecule has 0 spiro atoms. The molecule has 1 aliphatic heterocycles. The number of nitrogens with zero attached hydrogens (tertiary/aromatic N) is 2. The van der Waals surface area contributed by atoms with E-state index in [1.165, 1.54) is 0 Å². The van der Waals surface area contributed by atoms with E-state index in [1.54, 1.807) is 30.5 Å². The predicted octanol–water partition coefficient (Wildman–Crippen LogP) is 1.94. The van der Waals surface area contributed by atoms with Gasteiger partial charge in [0.2, 0.25) is 5.91 Å². The summed E-state index contributed by atoms with van der Waals surface area (Å²) in [6, 6.07) is 9.54.